The maximum absolute atomic E-state index is 10.7. The summed E-state index contributed by atoms with van der Waals surface area (Å²) in [5, 5.41) is 8.78. The summed E-state index contributed by atoms with van der Waals surface area (Å²) in [6.07, 6.45) is 1.30. The van der Waals surface area contributed by atoms with E-state index in [1.165, 1.54) is 6.26 Å². The second kappa shape index (κ2) is 2.91. The molecule has 0 bridgehead atoms. The van der Waals surface area contributed by atoms with Crippen molar-refractivity contribution in [2.24, 2.45) is 0 Å². The minimum absolute atomic E-state index is 0.141. The van der Waals surface area contributed by atoms with Crippen molar-refractivity contribution >= 4 is 5.97 Å². The minimum atomic E-state index is -0.934. The normalized spacial score (nSPS) is 11.7. The third kappa shape index (κ3) is 1.74. The van der Waals surface area contributed by atoms with E-state index in [-0.39, 0.29) is 11.0 Å². The largest absolute Gasteiger partial charge is 0.478 e. The molecule has 1 N–H and O–H groups in total. The summed E-state index contributed by atoms with van der Waals surface area (Å²) >= 11 is 0. The molecule has 0 aliphatic carbocycles. The Morgan fingerprint density at radius 2 is 2.00 bits per heavy atom. The van der Waals surface area contributed by atoms with Gasteiger partial charge < -0.3 is 9.52 Å². The van der Waals surface area contributed by atoms with Crippen molar-refractivity contribution in [1.82, 2.24) is 0 Å². The van der Waals surface area contributed by atoms with E-state index in [4.69, 9.17) is 9.52 Å². The zero-order valence-corrected chi connectivity index (χ0v) is 8.34. The molecule has 0 saturated carbocycles. The number of aromatic carboxylic acids is 1. The lowest BCUT2D eigenvalue weighted by atomic mass is 9.90. The Labute approximate surface area is 77.4 Å². The lowest BCUT2D eigenvalue weighted by Crippen LogP contribution is -2.12. The summed E-state index contributed by atoms with van der Waals surface area (Å²) in [5.74, 6) is -0.193. The molecule has 3 heteroatoms. The molecular weight excluding hydrogens is 168 g/mol. The summed E-state index contributed by atoms with van der Waals surface area (Å²) < 4.78 is 5.24. The molecule has 0 spiro atoms. The van der Waals surface area contributed by atoms with Gasteiger partial charge in [-0.25, -0.2) is 4.79 Å². The molecule has 1 rings (SSSR count). The van der Waals surface area contributed by atoms with Gasteiger partial charge in [-0.3, -0.25) is 0 Å². The Kier molecular flexibility index (Phi) is 2.20. The molecule has 0 atom stereocenters. The predicted molar refractivity (Wildman–Crippen MR) is 49.1 cm³/mol. The molecule has 0 aromatic carbocycles. The molecule has 1 aromatic rings. The maximum atomic E-state index is 10.7. The van der Waals surface area contributed by atoms with Crippen LogP contribution < -0.4 is 0 Å². The predicted octanol–water partition coefficient (Wildman–Crippen LogP) is 2.58. The quantitative estimate of drug-likeness (QED) is 0.726. The van der Waals surface area contributed by atoms with Gasteiger partial charge >= 0.3 is 5.97 Å². The Balaban J connectivity index is 3.22. The van der Waals surface area contributed by atoms with Gasteiger partial charge in [0.25, 0.3) is 0 Å². The zero-order chi connectivity index (χ0) is 10.2. The van der Waals surface area contributed by atoms with Crippen LogP contribution in [-0.2, 0) is 5.41 Å². The second-order valence-electron chi connectivity index (χ2n) is 4.16. The van der Waals surface area contributed by atoms with Crippen LogP contribution in [0.4, 0.5) is 0 Å². The zero-order valence-electron chi connectivity index (χ0n) is 8.34. The number of hydrogen-bond acceptors (Lipinski definition) is 2. The summed E-state index contributed by atoms with van der Waals surface area (Å²) in [7, 11) is 0. The molecule has 0 aliphatic heterocycles. The van der Waals surface area contributed by atoms with E-state index >= 15 is 0 Å². The van der Waals surface area contributed by atoms with E-state index in [0.717, 1.165) is 11.3 Å². The van der Waals surface area contributed by atoms with Crippen LogP contribution in [-0.4, -0.2) is 11.1 Å². The summed E-state index contributed by atoms with van der Waals surface area (Å²) in [6.45, 7) is 7.74. The van der Waals surface area contributed by atoms with Gasteiger partial charge in [-0.05, 0) is 6.92 Å². The van der Waals surface area contributed by atoms with Crippen LogP contribution in [0.2, 0.25) is 0 Å². The highest BCUT2D eigenvalue weighted by Gasteiger charge is 2.24. The number of carboxylic acid groups (broad SMARTS) is 1. The van der Waals surface area contributed by atoms with E-state index in [1.807, 2.05) is 20.8 Å². The maximum Gasteiger partial charge on any atom is 0.339 e. The molecule has 3 nitrogen and oxygen atoms in total. The SMILES string of the molecule is Cc1c(C(=O)O)coc1C(C)(C)C. The molecule has 0 aliphatic rings. The van der Waals surface area contributed by atoms with Crippen molar-refractivity contribution in [1.29, 1.82) is 0 Å². The van der Waals surface area contributed by atoms with Gasteiger partial charge in [-0.2, -0.15) is 0 Å². The highest BCUT2D eigenvalue weighted by atomic mass is 16.4. The molecule has 0 saturated heterocycles. The molecule has 0 unspecified atom stereocenters. The monoisotopic (exact) mass is 182 g/mol. The summed E-state index contributed by atoms with van der Waals surface area (Å²) in [5.41, 5.74) is 0.836. The molecule has 72 valence electrons. The third-order valence-corrected chi connectivity index (χ3v) is 1.95. The highest BCUT2D eigenvalue weighted by molar-refractivity contribution is 5.89. The van der Waals surface area contributed by atoms with Gasteiger partial charge in [0.1, 0.15) is 17.6 Å². The highest BCUT2D eigenvalue weighted by Crippen LogP contribution is 2.28. The van der Waals surface area contributed by atoms with Gasteiger partial charge in [0.2, 0.25) is 0 Å². The Morgan fingerprint density at radius 3 is 2.23 bits per heavy atom. The number of carbonyl (C=O) groups is 1. The van der Waals surface area contributed by atoms with Crippen molar-refractivity contribution < 1.29 is 14.3 Å². The fourth-order valence-corrected chi connectivity index (χ4v) is 1.37. The first-order valence-electron chi connectivity index (χ1n) is 4.16. The number of carboxylic acids is 1. The number of furan rings is 1. The van der Waals surface area contributed by atoms with Crippen molar-refractivity contribution in [3.8, 4) is 0 Å². The Hall–Kier alpha value is -1.25. The lowest BCUT2D eigenvalue weighted by molar-refractivity contribution is 0.0695. The van der Waals surface area contributed by atoms with Crippen LogP contribution in [0, 0.1) is 6.92 Å². The van der Waals surface area contributed by atoms with Crippen LogP contribution in [0.5, 0.6) is 0 Å². The van der Waals surface area contributed by atoms with Crippen LogP contribution in [0.1, 0.15) is 42.5 Å². The molecular formula is C10H14O3. The van der Waals surface area contributed by atoms with Crippen molar-refractivity contribution in [2.75, 3.05) is 0 Å². The van der Waals surface area contributed by atoms with Crippen LogP contribution in [0.25, 0.3) is 0 Å². The van der Waals surface area contributed by atoms with Crippen LogP contribution in [0.15, 0.2) is 10.7 Å². The van der Waals surface area contributed by atoms with E-state index in [1.54, 1.807) is 6.92 Å². The molecule has 13 heavy (non-hydrogen) atoms. The van der Waals surface area contributed by atoms with Gasteiger partial charge in [0, 0.05) is 11.0 Å². The van der Waals surface area contributed by atoms with Crippen molar-refractivity contribution in [2.45, 2.75) is 33.1 Å². The fraction of sp³-hybridized carbons (Fsp3) is 0.500. The van der Waals surface area contributed by atoms with Crippen molar-refractivity contribution in [3.63, 3.8) is 0 Å². The molecule has 0 amide bonds. The third-order valence-electron chi connectivity index (χ3n) is 1.95. The Morgan fingerprint density at radius 1 is 1.46 bits per heavy atom. The first-order valence-corrected chi connectivity index (χ1v) is 4.16. The van der Waals surface area contributed by atoms with E-state index in [0.29, 0.717) is 0 Å². The van der Waals surface area contributed by atoms with Crippen LogP contribution in [0.3, 0.4) is 0 Å². The fourth-order valence-electron chi connectivity index (χ4n) is 1.37. The Bertz CT molecular complexity index is 328. The van der Waals surface area contributed by atoms with Crippen molar-refractivity contribution in [3.05, 3.63) is 23.2 Å². The van der Waals surface area contributed by atoms with Gasteiger partial charge in [0.05, 0.1) is 0 Å². The number of rotatable bonds is 1. The summed E-state index contributed by atoms with van der Waals surface area (Å²) in [4.78, 5) is 10.7. The smallest absolute Gasteiger partial charge is 0.339 e. The first kappa shape index (κ1) is 9.84. The van der Waals surface area contributed by atoms with E-state index in [2.05, 4.69) is 0 Å². The topological polar surface area (TPSA) is 50.4 Å². The van der Waals surface area contributed by atoms with Crippen LogP contribution >= 0.6 is 0 Å². The minimum Gasteiger partial charge on any atom is -0.478 e. The standard InChI is InChI=1S/C10H14O3/c1-6-7(9(11)12)5-13-8(6)10(2,3)4/h5H,1-4H3,(H,11,12). The molecule has 0 fully saturated rings. The molecule has 1 aromatic heterocycles. The lowest BCUT2D eigenvalue weighted by Gasteiger charge is -2.15. The van der Waals surface area contributed by atoms with E-state index in [9.17, 15) is 4.79 Å². The molecule has 0 radical (unpaired) electrons. The van der Waals surface area contributed by atoms with Gasteiger partial charge in [-0.1, -0.05) is 20.8 Å². The summed E-state index contributed by atoms with van der Waals surface area (Å²) in [6, 6.07) is 0. The van der Waals surface area contributed by atoms with Gasteiger partial charge in [0.15, 0.2) is 0 Å². The second-order valence-corrected chi connectivity index (χ2v) is 4.16. The molecule has 1 heterocycles. The average molecular weight is 182 g/mol. The first-order chi connectivity index (χ1) is 5.84. The average Bonchev–Trinajstić information content (AvgIpc) is 2.28. The number of hydrogen-bond donors (Lipinski definition) is 1. The van der Waals surface area contributed by atoms with Gasteiger partial charge in [-0.15, -0.1) is 0 Å². The van der Waals surface area contributed by atoms with E-state index < -0.39 is 5.97 Å².